The van der Waals surface area contributed by atoms with Crippen LogP contribution in [0.15, 0.2) is 50.2 Å². The number of ketones is 1. The van der Waals surface area contributed by atoms with Crippen molar-refractivity contribution in [3.63, 3.8) is 0 Å². The SMILES string of the molecule is Cc1cc(SCC(=O)OCC(=O)c2ccccc2Br)c(C)cc1Br. The number of benzene rings is 2. The van der Waals surface area contributed by atoms with E-state index in [0.29, 0.717) is 10.0 Å². The van der Waals surface area contributed by atoms with Crippen LogP contribution in [-0.2, 0) is 9.53 Å². The number of carbonyl (C=O) groups excluding carboxylic acids is 2. The summed E-state index contributed by atoms with van der Waals surface area (Å²) < 4.78 is 6.83. The lowest BCUT2D eigenvalue weighted by Crippen LogP contribution is -2.16. The lowest BCUT2D eigenvalue weighted by atomic mass is 10.1. The van der Waals surface area contributed by atoms with Gasteiger partial charge in [-0.25, -0.2) is 0 Å². The van der Waals surface area contributed by atoms with Crippen LogP contribution in [0.3, 0.4) is 0 Å². The van der Waals surface area contributed by atoms with Crippen molar-refractivity contribution in [3.05, 3.63) is 62.0 Å². The van der Waals surface area contributed by atoms with Gasteiger partial charge in [-0.15, -0.1) is 11.8 Å². The first-order valence-corrected chi connectivity index (χ1v) is 9.78. The molecule has 0 fully saturated rings. The monoisotopic (exact) mass is 470 g/mol. The molecule has 0 N–H and O–H groups in total. The number of aryl methyl sites for hydroxylation is 2. The van der Waals surface area contributed by atoms with E-state index in [-0.39, 0.29) is 18.1 Å². The van der Waals surface area contributed by atoms with Crippen LogP contribution in [0.2, 0.25) is 0 Å². The maximum Gasteiger partial charge on any atom is 0.316 e. The smallest absolute Gasteiger partial charge is 0.316 e. The van der Waals surface area contributed by atoms with Gasteiger partial charge in [-0.3, -0.25) is 9.59 Å². The number of rotatable bonds is 6. The highest BCUT2D eigenvalue weighted by molar-refractivity contribution is 9.10. The Bertz CT molecular complexity index is 775. The normalized spacial score (nSPS) is 10.5. The first-order chi connectivity index (χ1) is 11.4. The molecule has 0 bridgehead atoms. The Labute approximate surface area is 162 Å². The summed E-state index contributed by atoms with van der Waals surface area (Å²) in [5.41, 5.74) is 2.72. The highest BCUT2D eigenvalue weighted by Crippen LogP contribution is 2.28. The number of ether oxygens (including phenoxy) is 1. The largest absolute Gasteiger partial charge is 0.457 e. The summed E-state index contributed by atoms with van der Waals surface area (Å²) in [6.45, 7) is 3.75. The molecular weight excluding hydrogens is 456 g/mol. The van der Waals surface area contributed by atoms with E-state index in [1.54, 1.807) is 18.2 Å². The third-order valence-electron chi connectivity index (χ3n) is 3.34. The van der Waals surface area contributed by atoms with E-state index in [2.05, 4.69) is 31.9 Å². The van der Waals surface area contributed by atoms with Crippen molar-refractivity contribution in [2.75, 3.05) is 12.4 Å². The number of thioether (sulfide) groups is 1. The second kappa shape index (κ2) is 8.83. The molecule has 6 heteroatoms. The van der Waals surface area contributed by atoms with E-state index < -0.39 is 5.97 Å². The van der Waals surface area contributed by atoms with E-state index in [1.807, 2.05) is 32.0 Å². The number of Topliss-reactive ketones (excluding diaryl/α,β-unsaturated/α-hetero) is 1. The van der Waals surface area contributed by atoms with Crippen LogP contribution in [0.25, 0.3) is 0 Å². The Morgan fingerprint density at radius 3 is 2.46 bits per heavy atom. The highest BCUT2D eigenvalue weighted by Gasteiger charge is 2.13. The Morgan fingerprint density at radius 1 is 1.04 bits per heavy atom. The number of hydrogen-bond acceptors (Lipinski definition) is 4. The van der Waals surface area contributed by atoms with Gasteiger partial charge in [0.1, 0.15) is 0 Å². The molecule has 0 saturated heterocycles. The Kier molecular flexibility index (Phi) is 7.07. The molecular formula is C18H16Br2O3S. The maximum atomic E-state index is 12.1. The second-order valence-corrected chi connectivity index (χ2v) is 7.95. The van der Waals surface area contributed by atoms with Crippen molar-refractivity contribution in [3.8, 4) is 0 Å². The van der Waals surface area contributed by atoms with E-state index in [1.165, 1.54) is 11.8 Å². The minimum atomic E-state index is -0.402. The predicted octanol–water partition coefficient (Wildman–Crippen LogP) is 5.35. The summed E-state index contributed by atoms with van der Waals surface area (Å²) >= 11 is 8.22. The average molecular weight is 472 g/mol. The molecule has 0 aliphatic carbocycles. The van der Waals surface area contributed by atoms with Crippen molar-refractivity contribution in [1.82, 2.24) is 0 Å². The molecule has 0 unspecified atom stereocenters. The molecule has 24 heavy (non-hydrogen) atoms. The van der Waals surface area contributed by atoms with Gasteiger partial charge < -0.3 is 4.74 Å². The molecule has 2 rings (SSSR count). The van der Waals surface area contributed by atoms with Crippen molar-refractivity contribution in [2.45, 2.75) is 18.7 Å². The summed E-state index contributed by atoms with van der Waals surface area (Å²) in [6.07, 6.45) is 0. The molecule has 0 atom stereocenters. The van der Waals surface area contributed by atoms with Gasteiger partial charge >= 0.3 is 5.97 Å². The number of carbonyl (C=O) groups is 2. The number of esters is 1. The van der Waals surface area contributed by atoms with Gasteiger partial charge in [0.15, 0.2) is 6.61 Å². The molecule has 0 spiro atoms. The summed E-state index contributed by atoms with van der Waals surface area (Å²) in [5, 5.41) is 0. The van der Waals surface area contributed by atoms with E-state index in [9.17, 15) is 9.59 Å². The molecule has 2 aromatic carbocycles. The van der Waals surface area contributed by atoms with Crippen LogP contribution in [0.4, 0.5) is 0 Å². The molecule has 0 radical (unpaired) electrons. The van der Waals surface area contributed by atoms with E-state index in [0.717, 1.165) is 20.5 Å². The third kappa shape index (κ3) is 5.19. The predicted molar refractivity (Wildman–Crippen MR) is 104 cm³/mol. The quantitative estimate of drug-likeness (QED) is 0.323. The van der Waals surface area contributed by atoms with Crippen LogP contribution >= 0.6 is 43.6 Å². The third-order valence-corrected chi connectivity index (χ3v) is 6.02. The van der Waals surface area contributed by atoms with Gasteiger partial charge in [-0.1, -0.05) is 50.1 Å². The zero-order valence-corrected chi connectivity index (χ0v) is 17.3. The molecule has 2 aromatic rings. The van der Waals surface area contributed by atoms with E-state index in [4.69, 9.17) is 4.74 Å². The number of hydrogen-bond donors (Lipinski definition) is 0. The van der Waals surface area contributed by atoms with Gasteiger partial charge in [-0.05, 0) is 43.2 Å². The standard InChI is InChI=1S/C18H16Br2O3S/c1-11-8-17(12(2)7-15(11)20)24-10-18(22)23-9-16(21)13-5-3-4-6-14(13)19/h3-8H,9-10H2,1-2H3. The van der Waals surface area contributed by atoms with Crippen molar-refractivity contribution in [1.29, 1.82) is 0 Å². The topological polar surface area (TPSA) is 43.4 Å². The molecule has 0 aliphatic rings. The first kappa shape index (κ1) is 19.2. The van der Waals surface area contributed by atoms with Gasteiger partial charge in [0.2, 0.25) is 5.78 Å². The van der Waals surface area contributed by atoms with Crippen molar-refractivity contribution >= 4 is 55.4 Å². The van der Waals surface area contributed by atoms with Gasteiger partial charge in [0.05, 0.1) is 5.75 Å². The fourth-order valence-corrected chi connectivity index (χ4v) is 3.87. The zero-order chi connectivity index (χ0) is 17.7. The molecule has 0 aliphatic heterocycles. The van der Waals surface area contributed by atoms with Crippen LogP contribution in [0.5, 0.6) is 0 Å². The summed E-state index contributed by atoms with van der Waals surface area (Å²) in [5.74, 6) is -0.456. The highest BCUT2D eigenvalue weighted by atomic mass is 79.9. The van der Waals surface area contributed by atoms with Crippen molar-refractivity contribution in [2.24, 2.45) is 0 Å². The fourth-order valence-electron chi connectivity index (χ4n) is 2.00. The molecule has 3 nitrogen and oxygen atoms in total. The lowest BCUT2D eigenvalue weighted by molar-refractivity contribution is -0.139. The van der Waals surface area contributed by atoms with Crippen LogP contribution in [0.1, 0.15) is 21.5 Å². The van der Waals surface area contributed by atoms with Crippen LogP contribution in [-0.4, -0.2) is 24.1 Å². The van der Waals surface area contributed by atoms with Gasteiger partial charge in [0.25, 0.3) is 0 Å². The summed E-state index contributed by atoms with van der Waals surface area (Å²) in [6, 6.07) is 11.1. The van der Waals surface area contributed by atoms with Crippen LogP contribution < -0.4 is 0 Å². The molecule has 0 amide bonds. The molecule has 0 aromatic heterocycles. The molecule has 0 saturated carbocycles. The first-order valence-electron chi connectivity index (χ1n) is 7.21. The summed E-state index contributed by atoms with van der Waals surface area (Å²) in [4.78, 5) is 25.0. The maximum absolute atomic E-state index is 12.1. The minimum absolute atomic E-state index is 0.172. The van der Waals surface area contributed by atoms with Crippen molar-refractivity contribution < 1.29 is 14.3 Å². The number of halogens is 2. The molecule has 126 valence electrons. The summed E-state index contributed by atoms with van der Waals surface area (Å²) in [7, 11) is 0. The Morgan fingerprint density at radius 2 is 1.75 bits per heavy atom. The Balaban J connectivity index is 1.87. The molecule has 0 heterocycles. The fraction of sp³-hybridized carbons (Fsp3) is 0.222. The van der Waals surface area contributed by atoms with Gasteiger partial charge in [0, 0.05) is 19.4 Å². The zero-order valence-electron chi connectivity index (χ0n) is 13.3. The second-order valence-electron chi connectivity index (χ2n) is 5.22. The van der Waals surface area contributed by atoms with E-state index >= 15 is 0 Å². The van der Waals surface area contributed by atoms with Gasteiger partial charge in [-0.2, -0.15) is 0 Å². The van der Waals surface area contributed by atoms with Crippen LogP contribution in [0, 0.1) is 13.8 Å². The lowest BCUT2D eigenvalue weighted by Gasteiger charge is -2.09. The minimum Gasteiger partial charge on any atom is -0.457 e. The average Bonchev–Trinajstić information content (AvgIpc) is 2.55. The Hall–Kier alpha value is -1.11.